The van der Waals surface area contributed by atoms with E-state index in [1.54, 1.807) is 6.07 Å². The Morgan fingerprint density at radius 3 is 2.74 bits per heavy atom. The van der Waals surface area contributed by atoms with Crippen LogP contribution in [0.5, 0.6) is 0 Å². The molecule has 4 rings (SSSR count). The third kappa shape index (κ3) is 4.13. The minimum atomic E-state index is -0.223. The molecular formula is C20H25FN4O2. The van der Waals surface area contributed by atoms with Crippen LogP contribution in [0.4, 0.5) is 16.2 Å². The highest BCUT2D eigenvalue weighted by Gasteiger charge is 2.31. The molecule has 2 aliphatic heterocycles. The Morgan fingerprint density at radius 1 is 1.26 bits per heavy atom. The van der Waals surface area contributed by atoms with E-state index in [1.807, 2.05) is 12.1 Å². The molecule has 2 atom stereocenters. The number of aromatic amines is 1. The van der Waals surface area contributed by atoms with Crippen molar-refractivity contribution in [3.63, 3.8) is 0 Å². The average molecular weight is 372 g/mol. The van der Waals surface area contributed by atoms with Crippen LogP contribution in [0, 0.1) is 11.7 Å². The first-order valence-electron chi connectivity index (χ1n) is 9.53. The number of halogens is 1. The van der Waals surface area contributed by atoms with Crippen LogP contribution in [0.25, 0.3) is 0 Å². The molecule has 0 spiro atoms. The number of hydrogen-bond donors (Lipinski definition) is 1. The number of nitrogens with one attached hydrogen (secondary N) is 1. The van der Waals surface area contributed by atoms with Crippen molar-refractivity contribution in [3.05, 3.63) is 52.1 Å². The average Bonchev–Trinajstić information content (AvgIpc) is 3.04. The predicted molar refractivity (Wildman–Crippen MR) is 103 cm³/mol. The van der Waals surface area contributed by atoms with Gasteiger partial charge in [-0.15, -0.1) is 0 Å². The zero-order chi connectivity index (χ0) is 18.8. The number of H-pyrrole nitrogens is 1. The summed E-state index contributed by atoms with van der Waals surface area (Å²) in [6.07, 6.45) is 1.82. The number of rotatable bonds is 4. The highest BCUT2D eigenvalue weighted by Crippen LogP contribution is 2.29. The molecule has 3 heterocycles. The maximum Gasteiger partial charge on any atom is 0.254 e. The van der Waals surface area contributed by atoms with E-state index in [0.29, 0.717) is 30.9 Å². The van der Waals surface area contributed by atoms with Crippen LogP contribution in [0.15, 0.2) is 35.1 Å². The van der Waals surface area contributed by atoms with Gasteiger partial charge in [0, 0.05) is 31.7 Å². The summed E-state index contributed by atoms with van der Waals surface area (Å²) in [5.41, 5.74) is 0.953. The molecule has 144 valence electrons. The summed E-state index contributed by atoms with van der Waals surface area (Å²) in [5, 5.41) is 0. The van der Waals surface area contributed by atoms with Crippen molar-refractivity contribution in [2.24, 2.45) is 5.92 Å². The summed E-state index contributed by atoms with van der Waals surface area (Å²) in [4.78, 5) is 24.2. The highest BCUT2D eigenvalue weighted by molar-refractivity contribution is 5.45. The van der Waals surface area contributed by atoms with Crippen molar-refractivity contribution in [1.29, 1.82) is 0 Å². The normalized spacial score (nSPS) is 23.0. The van der Waals surface area contributed by atoms with Crippen LogP contribution in [-0.2, 0) is 11.2 Å². The molecule has 2 aromatic rings. The minimum Gasteiger partial charge on any atom is -0.378 e. The summed E-state index contributed by atoms with van der Waals surface area (Å²) in [5.74, 6) is 1.62. The standard InChI is InChI=1S/C20H25FN4O2/c1-14-10-17(11-15-2-4-16(21)5-3-15)25(13-14)20-22-18(12-19(26)23-20)24-6-8-27-9-7-24/h2-5,12,14,17H,6-11,13H2,1H3,(H,22,23,26)/t14-,17-/m1/s1. The molecule has 0 aliphatic carbocycles. The highest BCUT2D eigenvalue weighted by atomic mass is 19.1. The van der Waals surface area contributed by atoms with E-state index in [9.17, 15) is 9.18 Å². The van der Waals surface area contributed by atoms with Gasteiger partial charge in [-0.1, -0.05) is 19.1 Å². The molecule has 2 saturated heterocycles. The van der Waals surface area contributed by atoms with Gasteiger partial charge in [-0.05, 0) is 36.5 Å². The number of morpholine rings is 1. The van der Waals surface area contributed by atoms with Gasteiger partial charge in [0.1, 0.15) is 11.6 Å². The van der Waals surface area contributed by atoms with Gasteiger partial charge in [0.05, 0.1) is 13.2 Å². The summed E-state index contributed by atoms with van der Waals surface area (Å²) >= 11 is 0. The Labute approximate surface area is 158 Å². The lowest BCUT2D eigenvalue weighted by atomic mass is 10.0. The zero-order valence-corrected chi connectivity index (χ0v) is 15.5. The molecule has 1 aromatic carbocycles. The van der Waals surface area contributed by atoms with Gasteiger partial charge in [0.15, 0.2) is 0 Å². The molecule has 2 aliphatic rings. The molecule has 7 heteroatoms. The van der Waals surface area contributed by atoms with E-state index in [4.69, 9.17) is 9.72 Å². The lowest BCUT2D eigenvalue weighted by molar-refractivity contribution is 0.122. The zero-order valence-electron chi connectivity index (χ0n) is 15.5. The maximum atomic E-state index is 13.2. The van der Waals surface area contributed by atoms with E-state index in [1.165, 1.54) is 12.1 Å². The molecule has 0 amide bonds. The Balaban J connectivity index is 1.59. The molecule has 27 heavy (non-hydrogen) atoms. The van der Waals surface area contributed by atoms with Gasteiger partial charge in [0.2, 0.25) is 5.95 Å². The quantitative estimate of drug-likeness (QED) is 0.892. The largest absolute Gasteiger partial charge is 0.378 e. The summed E-state index contributed by atoms with van der Waals surface area (Å²) < 4.78 is 18.6. The van der Waals surface area contributed by atoms with Crippen molar-refractivity contribution in [2.75, 3.05) is 42.6 Å². The summed E-state index contributed by atoms with van der Waals surface area (Å²) in [7, 11) is 0. The topological polar surface area (TPSA) is 61.5 Å². The first-order chi connectivity index (χ1) is 13.1. The SMILES string of the molecule is C[C@@H]1C[C@H](Cc2ccc(F)cc2)N(c2nc(N3CCOCC3)cc(=O)[nH]2)C1. The van der Waals surface area contributed by atoms with E-state index in [0.717, 1.165) is 38.0 Å². The Kier molecular flexibility index (Phi) is 5.11. The van der Waals surface area contributed by atoms with Gasteiger partial charge >= 0.3 is 0 Å². The van der Waals surface area contributed by atoms with E-state index in [2.05, 4.69) is 21.7 Å². The van der Waals surface area contributed by atoms with E-state index in [-0.39, 0.29) is 17.4 Å². The third-order valence-electron chi connectivity index (χ3n) is 5.33. The number of anilines is 2. The smallest absolute Gasteiger partial charge is 0.254 e. The van der Waals surface area contributed by atoms with Crippen LogP contribution in [0.1, 0.15) is 18.9 Å². The first kappa shape index (κ1) is 18.0. The van der Waals surface area contributed by atoms with Crippen molar-refractivity contribution in [1.82, 2.24) is 9.97 Å². The lowest BCUT2D eigenvalue weighted by Gasteiger charge is -2.30. The van der Waals surface area contributed by atoms with Crippen LogP contribution >= 0.6 is 0 Å². The number of nitrogens with zero attached hydrogens (tertiary/aromatic N) is 3. The van der Waals surface area contributed by atoms with Crippen LogP contribution in [-0.4, -0.2) is 48.9 Å². The molecule has 0 radical (unpaired) electrons. The number of hydrogen-bond acceptors (Lipinski definition) is 5. The van der Waals surface area contributed by atoms with Crippen molar-refractivity contribution >= 4 is 11.8 Å². The van der Waals surface area contributed by atoms with Crippen molar-refractivity contribution in [2.45, 2.75) is 25.8 Å². The van der Waals surface area contributed by atoms with E-state index < -0.39 is 0 Å². The second-order valence-electron chi connectivity index (χ2n) is 7.50. The van der Waals surface area contributed by atoms with Crippen molar-refractivity contribution in [3.8, 4) is 0 Å². The Bertz CT molecular complexity index is 833. The Hall–Kier alpha value is -2.41. The second kappa shape index (κ2) is 7.68. The lowest BCUT2D eigenvalue weighted by Crippen LogP contribution is -2.39. The van der Waals surface area contributed by atoms with Gasteiger partial charge in [-0.2, -0.15) is 4.98 Å². The Morgan fingerprint density at radius 2 is 2.00 bits per heavy atom. The monoisotopic (exact) mass is 372 g/mol. The molecule has 6 nitrogen and oxygen atoms in total. The molecule has 2 fully saturated rings. The predicted octanol–water partition coefficient (Wildman–Crippen LogP) is 2.20. The molecular weight excluding hydrogens is 347 g/mol. The summed E-state index contributed by atoms with van der Waals surface area (Å²) in [6, 6.07) is 8.44. The fourth-order valence-electron chi connectivity index (χ4n) is 4.02. The van der Waals surface area contributed by atoms with Gasteiger partial charge in [-0.25, -0.2) is 4.39 Å². The van der Waals surface area contributed by atoms with E-state index >= 15 is 0 Å². The number of aromatic nitrogens is 2. The minimum absolute atomic E-state index is 0.137. The second-order valence-corrected chi connectivity index (χ2v) is 7.50. The van der Waals surface area contributed by atoms with Crippen LogP contribution < -0.4 is 15.4 Å². The fraction of sp³-hybridized carbons (Fsp3) is 0.500. The third-order valence-corrected chi connectivity index (χ3v) is 5.33. The maximum absolute atomic E-state index is 13.2. The first-order valence-corrected chi connectivity index (χ1v) is 9.53. The van der Waals surface area contributed by atoms with Crippen LogP contribution in [0.2, 0.25) is 0 Å². The molecule has 0 saturated carbocycles. The number of benzene rings is 1. The van der Waals surface area contributed by atoms with Gasteiger partial charge < -0.3 is 14.5 Å². The molecule has 0 bridgehead atoms. The van der Waals surface area contributed by atoms with Gasteiger partial charge in [0.25, 0.3) is 5.56 Å². The molecule has 1 N–H and O–H groups in total. The molecule has 0 unspecified atom stereocenters. The summed E-state index contributed by atoms with van der Waals surface area (Å²) in [6.45, 7) is 5.84. The fourth-order valence-corrected chi connectivity index (χ4v) is 4.02. The van der Waals surface area contributed by atoms with Crippen LogP contribution in [0.3, 0.4) is 0 Å². The van der Waals surface area contributed by atoms with Gasteiger partial charge in [-0.3, -0.25) is 9.78 Å². The number of ether oxygens (including phenoxy) is 1. The van der Waals surface area contributed by atoms with Crippen molar-refractivity contribution < 1.29 is 9.13 Å². The molecule has 1 aromatic heterocycles.